The van der Waals surface area contributed by atoms with Gasteiger partial charge in [-0.1, -0.05) is 48.5 Å². The Bertz CT molecular complexity index is 2240. The molecule has 322 valence electrons. The molecule has 6 saturated carbocycles. The minimum absolute atomic E-state index is 0.00350. The maximum atomic E-state index is 14.3. The van der Waals surface area contributed by atoms with Gasteiger partial charge in [0.1, 0.15) is 23.7 Å². The van der Waals surface area contributed by atoms with Gasteiger partial charge in [-0.2, -0.15) is 0 Å². The average molecular weight is 839 g/mol. The van der Waals surface area contributed by atoms with E-state index in [0.717, 1.165) is 96.7 Å². The molecule has 6 aliphatic carbocycles. The van der Waals surface area contributed by atoms with E-state index in [1.807, 2.05) is 22.2 Å². The van der Waals surface area contributed by atoms with Crippen molar-refractivity contribution in [3.05, 3.63) is 72.6 Å². The van der Waals surface area contributed by atoms with Gasteiger partial charge in [0.2, 0.25) is 11.8 Å². The number of likely N-dealkylation sites (tertiary alicyclic amines) is 2. The zero-order valence-corrected chi connectivity index (χ0v) is 35.2. The molecule has 4 N–H and O–H groups in total. The molecule has 14 nitrogen and oxygen atoms in total. The number of piperidine rings is 2. The number of hydrogen-bond donors (Lipinski definition) is 4. The molecular weight excluding hydrogens is 785 g/mol. The summed E-state index contributed by atoms with van der Waals surface area (Å²) in [7, 11) is 2.70. The molecule has 14 atom stereocenters. The van der Waals surface area contributed by atoms with Gasteiger partial charge in [0.15, 0.2) is 0 Å². The lowest BCUT2D eigenvalue weighted by Crippen LogP contribution is -2.52. The van der Waals surface area contributed by atoms with Crippen LogP contribution in [0, 0.1) is 47.3 Å². The van der Waals surface area contributed by atoms with Crippen LogP contribution < -0.4 is 10.6 Å². The number of H-pyrrole nitrogens is 2. The minimum Gasteiger partial charge on any atom is -0.453 e. The minimum atomic E-state index is -0.570. The van der Waals surface area contributed by atoms with E-state index in [-0.39, 0.29) is 47.8 Å². The SMILES string of the molecule is COC(=O)NC(C(=O)N1[C@@H]2C[C@@H]2C[C@H]1c1nc(-c2ccc(-c3ccc(-c4c[nH]c([C@@H]5C[C@H]6C[C@H]6N5C(=O)C(NC(=O)OC)[C@H]5C[C@@H]6C[C@@H]6C5)n4)cc3)cc2)c[nH]1)[C@H]1C[C@@H]2C[C@@H]2C1. The molecule has 4 heterocycles. The third-order valence-corrected chi connectivity index (χ3v) is 16.2. The third-order valence-electron chi connectivity index (χ3n) is 16.2. The Hall–Kier alpha value is -5.66. The fourth-order valence-electron chi connectivity index (χ4n) is 12.5. The molecule has 12 rings (SSSR count). The first kappa shape index (κ1) is 38.0. The third kappa shape index (κ3) is 6.66. The molecular formula is C48H54N8O6. The Balaban J connectivity index is 0.714. The van der Waals surface area contributed by atoms with E-state index in [4.69, 9.17) is 19.4 Å². The zero-order chi connectivity index (χ0) is 42.0. The molecule has 0 bridgehead atoms. The maximum absolute atomic E-state index is 14.3. The van der Waals surface area contributed by atoms with E-state index in [2.05, 4.69) is 69.1 Å². The highest BCUT2D eigenvalue weighted by Gasteiger charge is 2.60. The van der Waals surface area contributed by atoms with Gasteiger partial charge in [0, 0.05) is 35.6 Å². The Labute approximate surface area is 360 Å². The summed E-state index contributed by atoms with van der Waals surface area (Å²) in [5.74, 6) is 5.56. The number of rotatable bonds is 11. The Morgan fingerprint density at radius 3 is 1.27 bits per heavy atom. The standard InChI is InChI=1S/C48H54N8O6/c1-61-47(59)53-41(33-13-27-11-28(27)14-33)45(57)55-37-17-31(37)19-39(55)43-49-21-35(51-43)25-7-3-23(4-8-25)24-5-9-26(10-6-24)36-22-50-44(52-36)40-20-32-18-38(32)56(40)46(58)42(54-48(60)62-2)34-15-29-12-30(29)16-34/h3-10,21-22,27-34,37-42H,11-20H2,1-2H3,(H,49,51)(H,50,52)(H,53,59)(H,54,60)/t27-,28+,29-,30+,31-,32-,33-,34-,37-,38-,39+,40+,41?,42?/m1/s1. The number of benzene rings is 2. The number of imidazole rings is 2. The highest BCUT2D eigenvalue weighted by Crippen LogP contribution is 2.59. The first-order valence-electron chi connectivity index (χ1n) is 22.9. The number of alkyl carbamates (subject to hydrolysis) is 2. The summed E-state index contributed by atoms with van der Waals surface area (Å²) < 4.78 is 9.90. The Kier molecular flexibility index (Phi) is 8.87. The van der Waals surface area contributed by atoms with Crippen LogP contribution in [0.1, 0.15) is 87.9 Å². The number of aromatic amines is 2. The number of aromatic nitrogens is 4. The molecule has 8 fully saturated rings. The number of nitrogens with one attached hydrogen (secondary N) is 4. The van der Waals surface area contributed by atoms with Crippen molar-refractivity contribution in [1.82, 2.24) is 40.4 Å². The van der Waals surface area contributed by atoms with E-state index < -0.39 is 24.3 Å². The van der Waals surface area contributed by atoms with Gasteiger partial charge >= 0.3 is 12.2 Å². The quantitative estimate of drug-likeness (QED) is 0.125. The van der Waals surface area contributed by atoms with E-state index in [1.54, 1.807) is 0 Å². The second kappa shape index (κ2) is 14.5. The van der Waals surface area contributed by atoms with Gasteiger partial charge in [-0.25, -0.2) is 19.6 Å². The van der Waals surface area contributed by atoms with Crippen molar-refractivity contribution >= 4 is 24.0 Å². The van der Waals surface area contributed by atoms with Crippen molar-refractivity contribution in [2.75, 3.05) is 14.2 Å². The van der Waals surface area contributed by atoms with Crippen molar-refractivity contribution in [2.24, 2.45) is 47.3 Å². The van der Waals surface area contributed by atoms with Crippen LogP contribution in [0.3, 0.4) is 0 Å². The van der Waals surface area contributed by atoms with E-state index in [0.29, 0.717) is 35.5 Å². The van der Waals surface area contributed by atoms with Crippen LogP contribution in [0.4, 0.5) is 9.59 Å². The Morgan fingerprint density at radius 2 is 0.903 bits per heavy atom. The number of methoxy groups -OCH3 is 2. The molecule has 8 aliphatic rings. The normalized spacial score (nSPS) is 33.7. The van der Waals surface area contributed by atoms with Crippen molar-refractivity contribution < 1.29 is 28.7 Å². The molecule has 0 spiro atoms. The fourth-order valence-corrected chi connectivity index (χ4v) is 12.5. The van der Waals surface area contributed by atoms with Gasteiger partial charge in [-0.05, 0) is 123 Å². The van der Waals surface area contributed by atoms with E-state index >= 15 is 0 Å². The van der Waals surface area contributed by atoms with Crippen LogP contribution in [-0.4, -0.2) is 92.1 Å². The second-order valence-electron chi connectivity index (χ2n) is 19.8. The van der Waals surface area contributed by atoms with Crippen LogP contribution in [0.15, 0.2) is 60.9 Å². The summed E-state index contributed by atoms with van der Waals surface area (Å²) in [6, 6.07) is 15.7. The number of ether oxygens (including phenoxy) is 2. The largest absolute Gasteiger partial charge is 0.453 e. The molecule has 2 aliphatic heterocycles. The van der Waals surface area contributed by atoms with Gasteiger partial charge in [-0.15, -0.1) is 0 Å². The average Bonchev–Trinajstić information content (AvgIpc) is 4.23. The zero-order valence-electron chi connectivity index (χ0n) is 35.2. The summed E-state index contributed by atoms with van der Waals surface area (Å²) >= 11 is 0. The van der Waals surface area contributed by atoms with Gasteiger partial charge in [-0.3, -0.25) is 9.59 Å². The molecule has 2 aromatic carbocycles. The monoisotopic (exact) mass is 838 g/mol. The van der Waals surface area contributed by atoms with Crippen LogP contribution in [0.5, 0.6) is 0 Å². The lowest BCUT2D eigenvalue weighted by atomic mass is 9.93. The highest BCUT2D eigenvalue weighted by molar-refractivity contribution is 5.88. The molecule has 2 saturated heterocycles. The van der Waals surface area contributed by atoms with Crippen molar-refractivity contribution in [1.29, 1.82) is 0 Å². The molecule has 2 aromatic heterocycles. The number of hydrogen-bond acceptors (Lipinski definition) is 8. The lowest BCUT2D eigenvalue weighted by Gasteiger charge is -2.33. The van der Waals surface area contributed by atoms with Gasteiger partial charge in [0.05, 0.1) is 37.7 Å². The maximum Gasteiger partial charge on any atom is 0.407 e. The molecule has 2 unspecified atom stereocenters. The summed E-state index contributed by atoms with van der Waals surface area (Å²) in [4.78, 5) is 74.2. The Morgan fingerprint density at radius 1 is 0.532 bits per heavy atom. The summed E-state index contributed by atoms with van der Waals surface area (Å²) in [5.41, 5.74) is 5.78. The van der Waals surface area contributed by atoms with Crippen molar-refractivity contribution in [2.45, 2.75) is 100 Å². The number of amides is 4. The van der Waals surface area contributed by atoms with Gasteiger partial charge in [0.25, 0.3) is 0 Å². The van der Waals surface area contributed by atoms with E-state index in [1.165, 1.54) is 27.1 Å². The predicted molar refractivity (Wildman–Crippen MR) is 227 cm³/mol. The topological polar surface area (TPSA) is 175 Å². The predicted octanol–water partition coefficient (Wildman–Crippen LogP) is 7.00. The van der Waals surface area contributed by atoms with Crippen LogP contribution in [0.2, 0.25) is 0 Å². The molecule has 62 heavy (non-hydrogen) atoms. The number of carbonyl (C=O) groups is 4. The second-order valence-corrected chi connectivity index (χ2v) is 19.8. The number of nitrogens with zero attached hydrogens (tertiary/aromatic N) is 4. The fraction of sp³-hybridized carbons (Fsp3) is 0.542. The van der Waals surface area contributed by atoms with Crippen molar-refractivity contribution in [3.8, 4) is 33.6 Å². The summed E-state index contributed by atoms with van der Waals surface area (Å²) in [5, 5.41) is 5.85. The first-order chi connectivity index (χ1) is 30.2. The van der Waals surface area contributed by atoms with Crippen molar-refractivity contribution in [3.63, 3.8) is 0 Å². The molecule has 14 heteroatoms. The number of fused-ring (bicyclic) bond motifs is 4. The molecule has 4 amide bonds. The summed E-state index contributed by atoms with van der Waals surface area (Å²) in [6.45, 7) is 0. The molecule has 0 radical (unpaired) electrons. The van der Waals surface area contributed by atoms with Gasteiger partial charge < -0.3 is 39.9 Å². The lowest BCUT2D eigenvalue weighted by molar-refractivity contribution is -0.137. The van der Waals surface area contributed by atoms with Crippen LogP contribution in [0.25, 0.3) is 33.6 Å². The van der Waals surface area contributed by atoms with E-state index in [9.17, 15) is 19.2 Å². The first-order valence-corrected chi connectivity index (χ1v) is 22.9. The summed E-state index contributed by atoms with van der Waals surface area (Å²) in [6.07, 6.45) is 12.9. The highest BCUT2D eigenvalue weighted by atomic mass is 16.5. The number of carbonyl (C=O) groups excluding carboxylic acids is 4. The smallest absolute Gasteiger partial charge is 0.407 e. The van der Waals surface area contributed by atoms with Crippen LogP contribution >= 0.6 is 0 Å². The van der Waals surface area contributed by atoms with Crippen LogP contribution in [-0.2, 0) is 19.1 Å². The molecule has 4 aromatic rings.